The highest BCUT2D eigenvalue weighted by molar-refractivity contribution is 5.11. The highest BCUT2D eigenvalue weighted by Gasteiger charge is 2.21. The van der Waals surface area contributed by atoms with Crippen LogP contribution in [-0.2, 0) is 6.54 Å². The molecule has 1 N–H and O–H groups in total. The average molecular weight is 233 g/mol. The molecule has 0 saturated heterocycles. The SMILES string of the molecule is c1cc(OCCC2CC2)nnc1CNC1CC1. The van der Waals surface area contributed by atoms with Crippen molar-refractivity contribution in [2.24, 2.45) is 5.92 Å². The standard InChI is InChI=1S/C13H19N3O/c1-2-10(1)7-8-17-13-6-5-12(15-16-13)9-14-11-3-4-11/h5-6,10-11,14H,1-4,7-9H2. The van der Waals surface area contributed by atoms with Crippen molar-refractivity contribution in [2.75, 3.05) is 6.61 Å². The normalized spacial score (nSPS) is 19.3. The van der Waals surface area contributed by atoms with Gasteiger partial charge in [-0.3, -0.25) is 0 Å². The van der Waals surface area contributed by atoms with E-state index in [4.69, 9.17) is 4.74 Å². The molecule has 2 saturated carbocycles. The lowest BCUT2D eigenvalue weighted by Gasteiger charge is -2.05. The number of hydrogen-bond donors (Lipinski definition) is 1. The second kappa shape index (κ2) is 5.00. The molecular formula is C13H19N3O. The summed E-state index contributed by atoms with van der Waals surface area (Å²) in [7, 11) is 0. The first-order valence-electron chi connectivity index (χ1n) is 6.59. The highest BCUT2D eigenvalue weighted by Crippen LogP contribution is 2.32. The number of nitrogens with one attached hydrogen (secondary N) is 1. The lowest BCUT2D eigenvalue weighted by molar-refractivity contribution is 0.287. The summed E-state index contributed by atoms with van der Waals surface area (Å²) < 4.78 is 5.56. The molecule has 1 aromatic rings. The number of hydrogen-bond acceptors (Lipinski definition) is 4. The van der Waals surface area contributed by atoms with Gasteiger partial charge in [0.05, 0.1) is 12.3 Å². The van der Waals surface area contributed by atoms with Crippen molar-refractivity contribution < 1.29 is 4.74 Å². The van der Waals surface area contributed by atoms with Crippen LogP contribution in [0.25, 0.3) is 0 Å². The molecule has 17 heavy (non-hydrogen) atoms. The van der Waals surface area contributed by atoms with Crippen LogP contribution in [0.2, 0.25) is 0 Å². The van der Waals surface area contributed by atoms with Crippen molar-refractivity contribution in [3.63, 3.8) is 0 Å². The number of rotatable bonds is 7. The van der Waals surface area contributed by atoms with E-state index in [2.05, 4.69) is 15.5 Å². The minimum Gasteiger partial charge on any atom is -0.477 e. The molecule has 2 fully saturated rings. The summed E-state index contributed by atoms with van der Waals surface area (Å²) in [5.74, 6) is 1.56. The quantitative estimate of drug-likeness (QED) is 0.781. The van der Waals surface area contributed by atoms with Crippen LogP contribution < -0.4 is 10.1 Å². The van der Waals surface area contributed by atoms with Gasteiger partial charge in [-0.2, -0.15) is 5.10 Å². The molecule has 0 aromatic carbocycles. The van der Waals surface area contributed by atoms with Crippen LogP contribution in [-0.4, -0.2) is 22.8 Å². The van der Waals surface area contributed by atoms with Crippen LogP contribution in [0.5, 0.6) is 5.88 Å². The zero-order valence-corrected chi connectivity index (χ0v) is 10.1. The molecule has 0 spiro atoms. The fourth-order valence-electron chi connectivity index (χ4n) is 1.79. The summed E-state index contributed by atoms with van der Waals surface area (Å²) >= 11 is 0. The van der Waals surface area contributed by atoms with Crippen molar-refractivity contribution in [3.05, 3.63) is 17.8 Å². The molecule has 4 heteroatoms. The largest absolute Gasteiger partial charge is 0.477 e. The number of ether oxygens (including phenoxy) is 1. The lowest BCUT2D eigenvalue weighted by atomic mass is 10.3. The van der Waals surface area contributed by atoms with Crippen molar-refractivity contribution in [3.8, 4) is 5.88 Å². The molecule has 0 aliphatic heterocycles. The topological polar surface area (TPSA) is 47.0 Å². The molecule has 0 radical (unpaired) electrons. The molecule has 3 rings (SSSR count). The molecular weight excluding hydrogens is 214 g/mol. The molecule has 92 valence electrons. The van der Waals surface area contributed by atoms with Gasteiger partial charge in [-0.1, -0.05) is 12.8 Å². The second-order valence-corrected chi connectivity index (χ2v) is 5.10. The van der Waals surface area contributed by atoms with E-state index in [1.807, 2.05) is 12.1 Å². The second-order valence-electron chi connectivity index (χ2n) is 5.10. The Hall–Kier alpha value is -1.16. The van der Waals surface area contributed by atoms with E-state index in [0.717, 1.165) is 31.2 Å². The first-order chi connectivity index (χ1) is 8.40. The fraction of sp³-hybridized carbons (Fsp3) is 0.692. The van der Waals surface area contributed by atoms with Crippen molar-refractivity contribution in [2.45, 2.75) is 44.7 Å². The summed E-state index contributed by atoms with van der Waals surface area (Å²) in [6, 6.07) is 4.63. The van der Waals surface area contributed by atoms with Crippen LogP contribution in [0.4, 0.5) is 0 Å². The summed E-state index contributed by atoms with van der Waals surface area (Å²) in [4.78, 5) is 0. The van der Waals surface area contributed by atoms with Crippen LogP contribution in [0.3, 0.4) is 0 Å². The van der Waals surface area contributed by atoms with Crippen LogP contribution >= 0.6 is 0 Å². The molecule has 4 nitrogen and oxygen atoms in total. The Morgan fingerprint density at radius 1 is 1.18 bits per heavy atom. The van der Waals surface area contributed by atoms with Gasteiger partial charge in [0.15, 0.2) is 0 Å². The minimum absolute atomic E-state index is 0.654. The van der Waals surface area contributed by atoms with Gasteiger partial charge in [0.25, 0.3) is 0 Å². The Morgan fingerprint density at radius 3 is 2.71 bits per heavy atom. The average Bonchev–Trinajstić information content (AvgIpc) is 3.23. The van der Waals surface area contributed by atoms with Crippen LogP contribution in [0.15, 0.2) is 12.1 Å². The van der Waals surface area contributed by atoms with E-state index >= 15 is 0 Å². The maximum absolute atomic E-state index is 5.56. The Bertz CT molecular complexity index is 357. The molecule has 0 atom stereocenters. The lowest BCUT2D eigenvalue weighted by Crippen LogP contribution is -2.16. The van der Waals surface area contributed by atoms with Gasteiger partial charge in [0.2, 0.25) is 5.88 Å². The van der Waals surface area contributed by atoms with E-state index in [1.54, 1.807) is 0 Å². The van der Waals surface area contributed by atoms with Gasteiger partial charge in [0.1, 0.15) is 0 Å². The number of aromatic nitrogens is 2. The van der Waals surface area contributed by atoms with Gasteiger partial charge in [-0.25, -0.2) is 0 Å². The van der Waals surface area contributed by atoms with Crippen LogP contribution in [0, 0.1) is 5.92 Å². The predicted molar refractivity (Wildman–Crippen MR) is 64.7 cm³/mol. The third-order valence-electron chi connectivity index (χ3n) is 3.32. The third kappa shape index (κ3) is 3.66. The Balaban J connectivity index is 1.41. The Kier molecular flexibility index (Phi) is 3.22. The summed E-state index contributed by atoms with van der Waals surface area (Å²) in [6.07, 6.45) is 6.51. The molecule has 2 aliphatic rings. The van der Waals surface area contributed by atoms with Crippen molar-refractivity contribution >= 4 is 0 Å². The Labute approximate surface area is 102 Å². The fourth-order valence-corrected chi connectivity index (χ4v) is 1.79. The zero-order chi connectivity index (χ0) is 11.5. The monoisotopic (exact) mass is 233 g/mol. The van der Waals surface area contributed by atoms with Gasteiger partial charge in [0, 0.05) is 18.7 Å². The smallest absolute Gasteiger partial charge is 0.233 e. The highest BCUT2D eigenvalue weighted by atomic mass is 16.5. The molecule has 0 unspecified atom stereocenters. The third-order valence-corrected chi connectivity index (χ3v) is 3.32. The Morgan fingerprint density at radius 2 is 2.06 bits per heavy atom. The van der Waals surface area contributed by atoms with Gasteiger partial charge in [-0.05, 0) is 31.2 Å². The summed E-state index contributed by atoms with van der Waals surface area (Å²) in [6.45, 7) is 1.60. The first-order valence-corrected chi connectivity index (χ1v) is 6.59. The van der Waals surface area contributed by atoms with Gasteiger partial charge >= 0.3 is 0 Å². The van der Waals surface area contributed by atoms with Gasteiger partial charge in [-0.15, -0.1) is 5.10 Å². The maximum atomic E-state index is 5.56. The molecule has 0 amide bonds. The molecule has 1 aromatic heterocycles. The zero-order valence-electron chi connectivity index (χ0n) is 10.1. The van der Waals surface area contributed by atoms with Crippen LogP contribution in [0.1, 0.15) is 37.8 Å². The van der Waals surface area contributed by atoms with E-state index in [0.29, 0.717) is 11.9 Å². The predicted octanol–water partition coefficient (Wildman–Crippen LogP) is 1.91. The number of nitrogens with zero attached hydrogens (tertiary/aromatic N) is 2. The van der Waals surface area contributed by atoms with E-state index in [9.17, 15) is 0 Å². The maximum Gasteiger partial charge on any atom is 0.233 e. The van der Waals surface area contributed by atoms with E-state index in [1.165, 1.54) is 25.7 Å². The molecule has 0 bridgehead atoms. The minimum atomic E-state index is 0.654. The van der Waals surface area contributed by atoms with Crippen molar-refractivity contribution in [1.29, 1.82) is 0 Å². The van der Waals surface area contributed by atoms with Crippen molar-refractivity contribution in [1.82, 2.24) is 15.5 Å². The molecule has 2 aliphatic carbocycles. The summed E-state index contributed by atoms with van der Waals surface area (Å²) in [5.41, 5.74) is 0.992. The summed E-state index contributed by atoms with van der Waals surface area (Å²) in [5, 5.41) is 11.7. The first kappa shape index (κ1) is 11.0. The van der Waals surface area contributed by atoms with E-state index < -0.39 is 0 Å². The van der Waals surface area contributed by atoms with Gasteiger partial charge < -0.3 is 10.1 Å². The molecule has 1 heterocycles. The van der Waals surface area contributed by atoms with E-state index in [-0.39, 0.29) is 0 Å².